The molecule has 9 nitrogen and oxygen atoms in total. The van der Waals surface area contributed by atoms with E-state index in [0.29, 0.717) is 16.4 Å². The molecule has 0 unspecified atom stereocenters. The van der Waals surface area contributed by atoms with E-state index in [4.69, 9.17) is 0 Å². The summed E-state index contributed by atoms with van der Waals surface area (Å²) in [6, 6.07) is 6.95. The number of thioether (sulfide) groups is 1. The van der Waals surface area contributed by atoms with Gasteiger partial charge in [0, 0.05) is 50.0 Å². The minimum absolute atomic E-state index is 0.145. The molecular formula is C23H30N6O3S. The highest BCUT2D eigenvalue weighted by Gasteiger charge is 2.25. The van der Waals surface area contributed by atoms with E-state index in [1.807, 2.05) is 0 Å². The van der Waals surface area contributed by atoms with Crippen molar-refractivity contribution in [1.82, 2.24) is 14.6 Å². The normalized spacial score (nSPS) is 16.2. The zero-order valence-corrected chi connectivity index (χ0v) is 19.9. The van der Waals surface area contributed by atoms with Gasteiger partial charge in [-0.1, -0.05) is 11.8 Å². The smallest absolute Gasteiger partial charge is 0.326 e. The van der Waals surface area contributed by atoms with Gasteiger partial charge in [0.1, 0.15) is 5.03 Å². The number of nitrogens with one attached hydrogen (secondary N) is 2. The molecule has 1 aromatic carbocycles. The summed E-state index contributed by atoms with van der Waals surface area (Å²) in [7, 11) is 2.09. The number of anilines is 2. The lowest BCUT2D eigenvalue weighted by Gasteiger charge is -2.37. The first-order chi connectivity index (χ1) is 15.9. The number of carbonyl (C=O) groups is 2. The zero-order chi connectivity index (χ0) is 23.4. The fraction of sp³-hybridized carbons (Fsp3) is 0.478. The minimum Gasteiger partial charge on any atom is -0.326 e. The molecule has 2 amide bonds. The Morgan fingerprint density at radius 1 is 1.00 bits per heavy atom. The summed E-state index contributed by atoms with van der Waals surface area (Å²) in [5, 5.41) is 8.35. The summed E-state index contributed by atoms with van der Waals surface area (Å²) in [6.45, 7) is 4.90. The van der Waals surface area contributed by atoms with E-state index < -0.39 is 0 Å². The highest BCUT2D eigenvalue weighted by atomic mass is 32.2. The molecule has 176 valence electrons. The van der Waals surface area contributed by atoms with Gasteiger partial charge >= 0.3 is 5.69 Å². The first-order valence-corrected chi connectivity index (χ1v) is 12.3. The Labute approximate surface area is 197 Å². The second kappa shape index (κ2) is 10.4. The average Bonchev–Trinajstić information content (AvgIpc) is 2.79. The Balaban J connectivity index is 1.45. The van der Waals surface area contributed by atoms with E-state index in [-0.39, 0.29) is 23.3 Å². The number of hydrogen-bond acceptors (Lipinski definition) is 7. The quantitative estimate of drug-likeness (QED) is 0.490. The first-order valence-electron chi connectivity index (χ1n) is 11.3. The van der Waals surface area contributed by atoms with Crippen LogP contribution in [0.2, 0.25) is 0 Å². The van der Waals surface area contributed by atoms with Gasteiger partial charge in [0.25, 0.3) is 0 Å². The third-order valence-electron chi connectivity index (χ3n) is 5.92. The standard InChI is InChI=1S/C23H30N6O3S/c1-16(30)24-17-7-9-18(10-8-17)25-21(31)15-33-22-19-5-3-4-6-20(19)29(23(32)26-22)28-13-11-27(2)12-14-28/h7-10H,3-6,11-15H2,1-2H3,(H,24,30)(H,25,31). The summed E-state index contributed by atoms with van der Waals surface area (Å²) in [5.41, 5.74) is 3.23. The van der Waals surface area contributed by atoms with E-state index >= 15 is 0 Å². The fourth-order valence-electron chi connectivity index (χ4n) is 4.25. The summed E-state index contributed by atoms with van der Waals surface area (Å²) >= 11 is 1.32. The lowest BCUT2D eigenvalue weighted by Crippen LogP contribution is -2.54. The minimum atomic E-state index is -0.253. The van der Waals surface area contributed by atoms with Crippen LogP contribution in [-0.2, 0) is 22.4 Å². The van der Waals surface area contributed by atoms with Crippen molar-refractivity contribution in [1.29, 1.82) is 0 Å². The third-order valence-corrected chi connectivity index (χ3v) is 6.94. The van der Waals surface area contributed by atoms with Crippen LogP contribution in [0.15, 0.2) is 34.1 Å². The van der Waals surface area contributed by atoms with Crippen molar-refractivity contribution in [2.45, 2.75) is 37.6 Å². The van der Waals surface area contributed by atoms with Gasteiger partial charge in [-0.2, -0.15) is 4.98 Å². The Kier molecular flexibility index (Phi) is 7.34. The van der Waals surface area contributed by atoms with Gasteiger partial charge in [-0.3, -0.25) is 9.59 Å². The number of nitrogens with zero attached hydrogens (tertiary/aromatic N) is 4. The average molecular weight is 471 g/mol. The van der Waals surface area contributed by atoms with Crippen molar-refractivity contribution in [2.75, 3.05) is 54.6 Å². The molecule has 2 aliphatic rings. The molecule has 1 fully saturated rings. The van der Waals surface area contributed by atoms with Gasteiger partial charge in [-0.15, -0.1) is 0 Å². The van der Waals surface area contributed by atoms with Crippen molar-refractivity contribution in [3.63, 3.8) is 0 Å². The molecular weight excluding hydrogens is 440 g/mol. The van der Waals surface area contributed by atoms with Gasteiger partial charge in [0.05, 0.1) is 11.4 Å². The maximum absolute atomic E-state index is 13.0. The number of fused-ring (bicyclic) bond motifs is 1. The van der Waals surface area contributed by atoms with Gasteiger partial charge in [-0.25, -0.2) is 9.47 Å². The molecule has 2 aromatic rings. The Hall–Kier alpha value is -2.85. The van der Waals surface area contributed by atoms with Gasteiger partial charge in [-0.05, 0) is 57.0 Å². The topological polar surface area (TPSA) is 99.6 Å². The Bertz CT molecular complexity index is 1080. The van der Waals surface area contributed by atoms with Crippen molar-refractivity contribution in [3.05, 3.63) is 46.0 Å². The van der Waals surface area contributed by atoms with Crippen LogP contribution in [0.1, 0.15) is 31.0 Å². The summed E-state index contributed by atoms with van der Waals surface area (Å²) < 4.78 is 1.79. The number of benzene rings is 1. The number of carbonyl (C=O) groups excluding carboxylic acids is 2. The van der Waals surface area contributed by atoms with E-state index in [0.717, 1.165) is 63.1 Å². The number of likely N-dealkylation sites (N-methyl/N-ethyl adjacent to an activating group) is 1. The molecule has 2 N–H and O–H groups in total. The first kappa shape index (κ1) is 23.3. The van der Waals surface area contributed by atoms with Crippen molar-refractivity contribution >= 4 is 35.0 Å². The highest BCUT2D eigenvalue weighted by Crippen LogP contribution is 2.29. The van der Waals surface area contributed by atoms with Crippen LogP contribution in [0.3, 0.4) is 0 Å². The predicted molar refractivity (Wildman–Crippen MR) is 131 cm³/mol. The number of rotatable bonds is 6. The second-order valence-electron chi connectivity index (χ2n) is 8.50. The molecule has 4 rings (SSSR count). The molecule has 1 aliphatic heterocycles. The van der Waals surface area contributed by atoms with Crippen LogP contribution in [0.25, 0.3) is 0 Å². The maximum Gasteiger partial charge on any atom is 0.367 e. The van der Waals surface area contributed by atoms with Gasteiger partial charge < -0.3 is 20.5 Å². The van der Waals surface area contributed by atoms with Crippen molar-refractivity contribution in [2.24, 2.45) is 0 Å². The van der Waals surface area contributed by atoms with E-state index in [1.54, 1.807) is 28.9 Å². The molecule has 1 saturated heterocycles. The Morgan fingerprint density at radius 2 is 1.64 bits per heavy atom. The van der Waals surface area contributed by atoms with Crippen LogP contribution in [-0.4, -0.2) is 65.4 Å². The van der Waals surface area contributed by atoms with E-state index in [1.165, 1.54) is 18.7 Å². The van der Waals surface area contributed by atoms with Crippen LogP contribution < -0.4 is 21.3 Å². The molecule has 1 aliphatic carbocycles. The number of hydrogen-bond donors (Lipinski definition) is 2. The lowest BCUT2D eigenvalue weighted by atomic mass is 9.97. The molecule has 1 aromatic heterocycles. The molecule has 0 saturated carbocycles. The predicted octanol–water partition coefficient (Wildman–Crippen LogP) is 1.69. The highest BCUT2D eigenvalue weighted by molar-refractivity contribution is 8.00. The molecule has 0 radical (unpaired) electrons. The largest absolute Gasteiger partial charge is 0.367 e. The monoisotopic (exact) mass is 470 g/mol. The van der Waals surface area contributed by atoms with E-state index in [2.05, 4.69) is 32.6 Å². The molecule has 0 spiro atoms. The molecule has 33 heavy (non-hydrogen) atoms. The van der Waals surface area contributed by atoms with Crippen LogP contribution >= 0.6 is 11.8 Å². The molecule has 0 bridgehead atoms. The molecule has 0 atom stereocenters. The summed E-state index contributed by atoms with van der Waals surface area (Å²) in [5.74, 6) is -0.138. The number of aromatic nitrogens is 2. The lowest BCUT2D eigenvalue weighted by molar-refractivity contribution is -0.114. The van der Waals surface area contributed by atoms with Crippen molar-refractivity contribution in [3.8, 4) is 0 Å². The molecule has 2 heterocycles. The maximum atomic E-state index is 13.0. The van der Waals surface area contributed by atoms with E-state index in [9.17, 15) is 14.4 Å². The second-order valence-corrected chi connectivity index (χ2v) is 9.46. The van der Waals surface area contributed by atoms with Gasteiger partial charge in [0.15, 0.2) is 0 Å². The summed E-state index contributed by atoms with van der Waals surface area (Å²) in [6.07, 6.45) is 3.87. The van der Waals surface area contributed by atoms with Gasteiger partial charge in [0.2, 0.25) is 11.8 Å². The molecule has 10 heteroatoms. The van der Waals surface area contributed by atoms with Crippen LogP contribution in [0.5, 0.6) is 0 Å². The zero-order valence-electron chi connectivity index (χ0n) is 19.1. The number of amides is 2. The number of piperazine rings is 1. The van der Waals surface area contributed by atoms with Crippen LogP contribution in [0.4, 0.5) is 11.4 Å². The third kappa shape index (κ3) is 5.75. The van der Waals surface area contributed by atoms with Crippen molar-refractivity contribution < 1.29 is 9.59 Å². The SMILES string of the molecule is CC(=O)Nc1ccc(NC(=O)CSc2nc(=O)n(N3CCN(C)CC3)c3c2CCCC3)cc1. The fourth-order valence-corrected chi connectivity index (χ4v) is 5.13. The Morgan fingerprint density at radius 3 is 2.30 bits per heavy atom. The van der Waals surface area contributed by atoms with Crippen LogP contribution in [0, 0.1) is 0 Å². The summed E-state index contributed by atoms with van der Waals surface area (Å²) in [4.78, 5) is 43.3.